The minimum atomic E-state index is -1.00. The maximum atomic E-state index is 12.9. The molecule has 160 valence electrons. The molecule has 0 heterocycles. The van der Waals surface area contributed by atoms with E-state index in [0.717, 1.165) is 24.2 Å². The van der Waals surface area contributed by atoms with E-state index in [2.05, 4.69) is 18.7 Å². The molecular formula is C27H28O4. The molecule has 1 N–H and O–H groups in total. The van der Waals surface area contributed by atoms with Gasteiger partial charge in [0.05, 0.1) is 11.1 Å². The third-order valence-electron chi connectivity index (χ3n) is 7.63. The van der Waals surface area contributed by atoms with Gasteiger partial charge in [-0.25, -0.2) is 9.59 Å². The Hall–Kier alpha value is -2.88. The predicted octanol–water partition coefficient (Wildman–Crippen LogP) is 5.80. The van der Waals surface area contributed by atoms with Gasteiger partial charge in [0.15, 0.2) is 0 Å². The molecule has 2 aromatic rings. The van der Waals surface area contributed by atoms with Gasteiger partial charge in [-0.3, -0.25) is 0 Å². The zero-order chi connectivity index (χ0) is 21.6. The average Bonchev–Trinajstić information content (AvgIpc) is 2.73. The average molecular weight is 417 g/mol. The summed E-state index contributed by atoms with van der Waals surface area (Å²) in [5.74, 6) is 1.42. The van der Waals surface area contributed by atoms with Gasteiger partial charge in [0, 0.05) is 0 Å². The fourth-order valence-electron chi connectivity index (χ4n) is 6.80. The molecule has 6 rings (SSSR count). The maximum absolute atomic E-state index is 12.9. The van der Waals surface area contributed by atoms with Crippen molar-refractivity contribution in [2.45, 2.75) is 50.4 Å². The van der Waals surface area contributed by atoms with Crippen LogP contribution in [0.4, 0.5) is 0 Å². The lowest BCUT2D eigenvalue weighted by molar-refractivity contribution is -0.00555. The Bertz CT molecular complexity index is 998. The Morgan fingerprint density at radius 3 is 2.10 bits per heavy atom. The standard InChI is InChI=1S/C27H28O4/c1-2-3-20-4-5-22(26(30)31-23-8-6-21(7-9-23)25(28)29)13-24(20)27-14-17-10-18(15-27)12-19(11-17)16-27/h2,4-9,13,17-19H,1,3,10-12,14-16H2,(H,28,29). The first kappa shape index (κ1) is 20.0. The quantitative estimate of drug-likeness (QED) is 0.367. The van der Waals surface area contributed by atoms with Gasteiger partial charge in [0.1, 0.15) is 5.75 Å². The number of allylic oxidation sites excluding steroid dienone is 1. The fraction of sp³-hybridized carbons (Fsp3) is 0.407. The van der Waals surface area contributed by atoms with Crippen LogP contribution in [0.25, 0.3) is 0 Å². The van der Waals surface area contributed by atoms with Crippen LogP contribution in [0.15, 0.2) is 55.1 Å². The van der Waals surface area contributed by atoms with E-state index in [0.29, 0.717) is 11.3 Å². The molecule has 0 aliphatic heterocycles. The number of carbonyl (C=O) groups is 2. The second kappa shape index (κ2) is 7.67. The number of carbonyl (C=O) groups excluding carboxylic acids is 1. The van der Waals surface area contributed by atoms with Crippen molar-refractivity contribution < 1.29 is 19.4 Å². The summed E-state index contributed by atoms with van der Waals surface area (Å²) in [5, 5.41) is 9.04. The summed E-state index contributed by atoms with van der Waals surface area (Å²) in [6, 6.07) is 11.9. The van der Waals surface area contributed by atoms with Crippen molar-refractivity contribution in [1.82, 2.24) is 0 Å². The molecule has 0 unspecified atom stereocenters. The largest absolute Gasteiger partial charge is 0.478 e. The Kier molecular flexibility index (Phi) is 4.96. The number of carboxylic acids is 1. The SMILES string of the molecule is C=CCc1ccc(C(=O)Oc2ccc(C(=O)O)cc2)cc1C12CC3CC(CC(C3)C1)C2. The molecule has 4 saturated carbocycles. The van der Waals surface area contributed by atoms with E-state index < -0.39 is 11.9 Å². The molecule has 4 nitrogen and oxygen atoms in total. The van der Waals surface area contributed by atoms with Crippen molar-refractivity contribution in [3.05, 3.63) is 77.4 Å². The molecular weight excluding hydrogens is 388 g/mol. The molecule has 4 heteroatoms. The van der Waals surface area contributed by atoms with E-state index >= 15 is 0 Å². The van der Waals surface area contributed by atoms with Gasteiger partial charge in [-0.1, -0.05) is 12.1 Å². The molecule has 4 fully saturated rings. The number of hydrogen-bond acceptors (Lipinski definition) is 3. The molecule has 4 aliphatic rings. The van der Waals surface area contributed by atoms with Crippen LogP contribution >= 0.6 is 0 Å². The fourth-order valence-corrected chi connectivity index (χ4v) is 6.80. The zero-order valence-electron chi connectivity index (χ0n) is 17.7. The van der Waals surface area contributed by atoms with Gasteiger partial charge < -0.3 is 9.84 Å². The number of hydrogen-bond donors (Lipinski definition) is 1. The van der Waals surface area contributed by atoms with E-state index in [4.69, 9.17) is 9.84 Å². The molecule has 0 atom stereocenters. The summed E-state index contributed by atoms with van der Waals surface area (Å²) in [5.41, 5.74) is 3.51. The third kappa shape index (κ3) is 3.69. The number of benzene rings is 2. The van der Waals surface area contributed by atoms with Crippen LogP contribution in [0.5, 0.6) is 5.75 Å². The number of aromatic carboxylic acids is 1. The van der Waals surface area contributed by atoms with Gasteiger partial charge in [-0.2, -0.15) is 0 Å². The van der Waals surface area contributed by atoms with Crippen LogP contribution in [-0.4, -0.2) is 17.0 Å². The summed E-state index contributed by atoms with van der Waals surface area (Å²) < 4.78 is 5.56. The predicted molar refractivity (Wildman–Crippen MR) is 119 cm³/mol. The Labute approximate surface area is 182 Å². The number of carboxylic acid groups (broad SMARTS) is 1. The summed E-state index contributed by atoms with van der Waals surface area (Å²) in [6.07, 6.45) is 10.6. The minimum absolute atomic E-state index is 0.165. The van der Waals surface area contributed by atoms with Crippen molar-refractivity contribution in [3.63, 3.8) is 0 Å². The first-order valence-electron chi connectivity index (χ1n) is 11.3. The monoisotopic (exact) mass is 416 g/mol. The number of ether oxygens (including phenoxy) is 1. The first-order chi connectivity index (χ1) is 15.0. The van der Waals surface area contributed by atoms with Crippen molar-refractivity contribution in [2.24, 2.45) is 17.8 Å². The molecule has 2 aromatic carbocycles. The van der Waals surface area contributed by atoms with Crippen LogP contribution in [-0.2, 0) is 11.8 Å². The highest BCUT2D eigenvalue weighted by Gasteiger charge is 2.52. The van der Waals surface area contributed by atoms with Gasteiger partial charge in [-0.15, -0.1) is 6.58 Å². The van der Waals surface area contributed by atoms with Crippen molar-refractivity contribution in [1.29, 1.82) is 0 Å². The van der Waals surface area contributed by atoms with Crippen LogP contribution < -0.4 is 4.74 Å². The molecule has 0 saturated heterocycles. The third-order valence-corrected chi connectivity index (χ3v) is 7.63. The second-order valence-corrected chi connectivity index (χ2v) is 9.78. The van der Waals surface area contributed by atoms with Crippen LogP contribution in [0, 0.1) is 17.8 Å². The van der Waals surface area contributed by atoms with Crippen molar-refractivity contribution >= 4 is 11.9 Å². The van der Waals surface area contributed by atoms with Gasteiger partial charge in [0.2, 0.25) is 0 Å². The Balaban J connectivity index is 1.45. The highest BCUT2D eigenvalue weighted by Crippen LogP contribution is 2.61. The molecule has 31 heavy (non-hydrogen) atoms. The molecule has 0 amide bonds. The Morgan fingerprint density at radius 2 is 1.55 bits per heavy atom. The molecule has 4 bridgehead atoms. The second-order valence-electron chi connectivity index (χ2n) is 9.78. The lowest BCUT2D eigenvalue weighted by Crippen LogP contribution is -2.49. The van der Waals surface area contributed by atoms with Crippen LogP contribution in [0.3, 0.4) is 0 Å². The van der Waals surface area contributed by atoms with E-state index in [1.165, 1.54) is 73.9 Å². The van der Waals surface area contributed by atoms with E-state index in [9.17, 15) is 9.59 Å². The normalized spacial score (nSPS) is 28.3. The minimum Gasteiger partial charge on any atom is -0.478 e. The smallest absolute Gasteiger partial charge is 0.343 e. The highest BCUT2D eigenvalue weighted by molar-refractivity contribution is 5.92. The van der Waals surface area contributed by atoms with Crippen molar-refractivity contribution in [2.75, 3.05) is 0 Å². The molecule has 0 spiro atoms. The zero-order valence-corrected chi connectivity index (χ0v) is 17.7. The topological polar surface area (TPSA) is 63.6 Å². The molecule has 0 radical (unpaired) electrons. The molecule has 4 aliphatic carbocycles. The maximum Gasteiger partial charge on any atom is 0.343 e. The first-order valence-corrected chi connectivity index (χ1v) is 11.3. The van der Waals surface area contributed by atoms with Gasteiger partial charge in [0.25, 0.3) is 0 Å². The number of esters is 1. The molecule has 0 aromatic heterocycles. The lowest BCUT2D eigenvalue weighted by atomic mass is 9.47. The van der Waals surface area contributed by atoms with Crippen LogP contribution in [0.2, 0.25) is 0 Å². The van der Waals surface area contributed by atoms with E-state index in [1.807, 2.05) is 12.1 Å². The summed E-state index contributed by atoms with van der Waals surface area (Å²) in [6.45, 7) is 3.94. The van der Waals surface area contributed by atoms with E-state index in [1.54, 1.807) is 0 Å². The lowest BCUT2D eigenvalue weighted by Gasteiger charge is -2.57. The Morgan fingerprint density at radius 1 is 0.968 bits per heavy atom. The number of rotatable bonds is 6. The summed E-state index contributed by atoms with van der Waals surface area (Å²) in [4.78, 5) is 23.9. The summed E-state index contributed by atoms with van der Waals surface area (Å²) >= 11 is 0. The highest BCUT2D eigenvalue weighted by atomic mass is 16.5. The van der Waals surface area contributed by atoms with Crippen molar-refractivity contribution in [3.8, 4) is 5.75 Å². The van der Waals surface area contributed by atoms with Gasteiger partial charge in [-0.05, 0) is 116 Å². The van der Waals surface area contributed by atoms with Gasteiger partial charge >= 0.3 is 11.9 Å². The summed E-state index contributed by atoms with van der Waals surface area (Å²) in [7, 11) is 0. The van der Waals surface area contributed by atoms with E-state index in [-0.39, 0.29) is 11.0 Å². The van der Waals surface area contributed by atoms with Crippen LogP contribution in [0.1, 0.15) is 70.4 Å².